The molecule has 6 unspecified atom stereocenters. The third kappa shape index (κ3) is 25.0. The van der Waals surface area contributed by atoms with Gasteiger partial charge in [-0.25, -0.2) is 0 Å². The van der Waals surface area contributed by atoms with Gasteiger partial charge in [-0.3, -0.25) is 9.97 Å². The van der Waals surface area contributed by atoms with Crippen LogP contribution in [0.2, 0.25) is 0 Å². The van der Waals surface area contributed by atoms with Crippen molar-refractivity contribution in [1.82, 2.24) is 9.97 Å². The number of aromatic nitrogens is 2. The minimum absolute atomic E-state index is 0. The van der Waals surface area contributed by atoms with E-state index in [1.165, 1.54) is 32.7 Å². The van der Waals surface area contributed by atoms with E-state index in [-0.39, 0.29) is 92.0 Å². The summed E-state index contributed by atoms with van der Waals surface area (Å²) in [7, 11) is 0. The van der Waals surface area contributed by atoms with Crippen LogP contribution < -0.4 is 30.6 Å². The number of pyridine rings is 2. The van der Waals surface area contributed by atoms with Gasteiger partial charge < -0.3 is 30.6 Å². The predicted octanol–water partition coefficient (Wildman–Crippen LogP) is 10.6. The zero-order chi connectivity index (χ0) is 54.2. The van der Waals surface area contributed by atoms with E-state index >= 15 is 0 Å². The van der Waals surface area contributed by atoms with Gasteiger partial charge in [0.25, 0.3) is 0 Å². The SMILES string of the molecule is CC(C)(C)C([O-])CC([O-])C(C)(C)C.CC(C)(C)C([O-])CC([O-])C(C)(C)C.CC(C)(C)C([O-])CC([O-])C(C)(C)C.[Ir+3].[Ir+3].c1ccc(-c2nccc3ccccc23)cc1.c1ccc(-c2nccc3ccccc23)cc1. The molecule has 0 spiro atoms. The summed E-state index contributed by atoms with van der Waals surface area (Å²) in [5.41, 5.74) is 2.65. The summed E-state index contributed by atoms with van der Waals surface area (Å²) in [6.45, 7) is 34.0. The smallest absolute Gasteiger partial charge is 0.852 e. The van der Waals surface area contributed by atoms with Gasteiger partial charge in [-0.2, -0.15) is 0 Å². The Balaban J connectivity index is 0.000000887. The molecule has 0 aliphatic rings. The van der Waals surface area contributed by atoms with Crippen LogP contribution in [0.5, 0.6) is 0 Å². The minimum atomic E-state index is -0.755. The molecular formula is C63H88Ir2N2O6. The summed E-state index contributed by atoms with van der Waals surface area (Å²) in [5, 5.41) is 74.5. The number of benzene rings is 4. The Bertz CT molecular complexity index is 2160. The van der Waals surface area contributed by atoms with E-state index in [1.807, 2.05) is 186 Å². The Labute approximate surface area is 468 Å². The van der Waals surface area contributed by atoms with Crippen LogP contribution in [0, 0.1) is 32.5 Å². The number of nitrogens with zero attached hydrogens (tertiary/aromatic N) is 2. The molecule has 0 N–H and O–H groups in total. The maximum atomic E-state index is 11.6. The summed E-state index contributed by atoms with van der Waals surface area (Å²) >= 11 is 0. The Morgan fingerprint density at radius 2 is 0.507 bits per heavy atom. The normalized spacial score (nSPS) is 14.5. The molecule has 6 atom stereocenters. The van der Waals surface area contributed by atoms with Crippen molar-refractivity contribution in [2.45, 2.75) is 181 Å². The molecule has 0 saturated heterocycles. The molecule has 2 heterocycles. The monoisotopic (exact) mass is 1350 g/mol. The maximum absolute atomic E-state index is 11.6. The van der Waals surface area contributed by atoms with Crippen molar-refractivity contribution < 1.29 is 70.8 Å². The number of fused-ring (bicyclic) bond motifs is 2. The van der Waals surface area contributed by atoms with Crippen molar-refractivity contribution in [3.63, 3.8) is 0 Å². The van der Waals surface area contributed by atoms with E-state index < -0.39 is 36.6 Å². The molecule has 0 amide bonds. The standard InChI is InChI=1S/2C15H11N.3C11H22O2.2Ir/c2*1-2-7-13(8-3-1)15-14-9-5-4-6-12(14)10-11-16-15;3*1-10(2,3)8(12)7-9(13)11(4,5)6;;/h2*1-11H;3*8-9H,7H2,1-6H3;;/q;;3*-2;2*+3. The average molecular weight is 1350 g/mol. The van der Waals surface area contributed by atoms with Gasteiger partial charge in [0.15, 0.2) is 0 Å². The molecule has 0 fully saturated rings. The van der Waals surface area contributed by atoms with Crippen molar-refractivity contribution >= 4 is 21.5 Å². The number of hydrogen-bond donors (Lipinski definition) is 0. The summed E-state index contributed by atoms with van der Waals surface area (Å²) in [6.07, 6.45) is -0.113. The molecule has 0 aliphatic carbocycles. The Hall–Kier alpha value is -3.24. The molecule has 6 aromatic rings. The predicted molar refractivity (Wildman–Crippen MR) is 288 cm³/mol. The fourth-order valence-electron chi connectivity index (χ4n) is 6.60. The molecule has 4 aromatic carbocycles. The number of hydrogen-bond acceptors (Lipinski definition) is 8. The van der Waals surface area contributed by atoms with E-state index in [0.717, 1.165) is 11.4 Å². The zero-order valence-electron chi connectivity index (χ0n) is 47.3. The maximum Gasteiger partial charge on any atom is 3.00 e. The average Bonchev–Trinajstić information content (AvgIpc) is 3.28. The molecule has 10 heteroatoms. The molecule has 8 nitrogen and oxygen atoms in total. The van der Waals surface area contributed by atoms with E-state index in [9.17, 15) is 30.6 Å². The second-order valence-electron chi connectivity index (χ2n) is 25.3. The molecule has 0 radical (unpaired) electrons. The van der Waals surface area contributed by atoms with Gasteiger partial charge in [-0.05, 0) is 22.9 Å². The van der Waals surface area contributed by atoms with Crippen LogP contribution in [-0.4, -0.2) is 46.6 Å². The summed E-state index contributed by atoms with van der Waals surface area (Å²) < 4.78 is 0. The summed E-state index contributed by atoms with van der Waals surface area (Å²) in [5.74, 6) is 0. The first kappa shape index (κ1) is 69.8. The van der Waals surface area contributed by atoms with Crippen LogP contribution in [0.1, 0.15) is 144 Å². The number of rotatable bonds is 8. The Kier molecular flexibility index (Phi) is 29.1. The van der Waals surface area contributed by atoms with Gasteiger partial charge in [0.1, 0.15) is 0 Å². The van der Waals surface area contributed by atoms with E-state index in [0.29, 0.717) is 0 Å². The van der Waals surface area contributed by atoms with Crippen LogP contribution >= 0.6 is 0 Å². The van der Waals surface area contributed by atoms with Crippen molar-refractivity contribution in [2.75, 3.05) is 0 Å². The van der Waals surface area contributed by atoms with Gasteiger partial charge in [0.05, 0.1) is 11.4 Å². The van der Waals surface area contributed by atoms with Crippen molar-refractivity contribution in [3.05, 3.63) is 134 Å². The van der Waals surface area contributed by atoms with Crippen molar-refractivity contribution in [2.24, 2.45) is 32.5 Å². The van der Waals surface area contributed by atoms with Crippen LogP contribution in [0.4, 0.5) is 0 Å². The fourth-order valence-corrected chi connectivity index (χ4v) is 6.60. The fraction of sp³-hybridized carbons (Fsp3) is 0.524. The molecule has 6 rings (SSSR count). The van der Waals surface area contributed by atoms with Gasteiger partial charge in [0, 0.05) is 34.3 Å². The van der Waals surface area contributed by atoms with Crippen LogP contribution in [0.15, 0.2) is 134 Å². The van der Waals surface area contributed by atoms with Crippen molar-refractivity contribution in [1.29, 1.82) is 0 Å². The Morgan fingerprint density at radius 3 is 0.726 bits per heavy atom. The zero-order valence-corrected chi connectivity index (χ0v) is 52.1. The largest absolute Gasteiger partial charge is 3.00 e. The van der Waals surface area contributed by atoms with Crippen LogP contribution in [-0.2, 0) is 40.2 Å². The molecule has 0 saturated carbocycles. The summed E-state index contributed by atoms with van der Waals surface area (Å²) in [4.78, 5) is 8.95. The topological polar surface area (TPSA) is 164 Å². The first-order valence-electron chi connectivity index (χ1n) is 25.3. The second-order valence-corrected chi connectivity index (χ2v) is 25.3. The van der Waals surface area contributed by atoms with Crippen LogP contribution in [0.25, 0.3) is 44.1 Å². The second kappa shape index (κ2) is 30.5. The van der Waals surface area contributed by atoms with Gasteiger partial charge in [0.2, 0.25) is 0 Å². The van der Waals surface area contributed by atoms with E-state index in [4.69, 9.17) is 0 Å². The first-order chi connectivity index (χ1) is 32.5. The van der Waals surface area contributed by atoms with Gasteiger partial charge in [-0.1, -0.05) is 286 Å². The molecule has 0 aliphatic heterocycles. The molecule has 404 valence electrons. The first-order valence-corrected chi connectivity index (χ1v) is 25.3. The molecule has 2 aromatic heterocycles. The molecule has 0 bridgehead atoms. The summed E-state index contributed by atoms with van der Waals surface area (Å²) in [6, 6.07) is 41.3. The third-order valence-electron chi connectivity index (χ3n) is 12.5. The van der Waals surface area contributed by atoms with Crippen molar-refractivity contribution in [3.8, 4) is 22.5 Å². The van der Waals surface area contributed by atoms with Gasteiger partial charge in [-0.15, -0.1) is 36.6 Å². The van der Waals surface area contributed by atoms with Gasteiger partial charge >= 0.3 is 40.2 Å². The molecular weight excluding hydrogens is 1270 g/mol. The van der Waals surface area contributed by atoms with E-state index in [1.54, 1.807) is 0 Å². The van der Waals surface area contributed by atoms with E-state index in [2.05, 4.69) is 82.8 Å². The third-order valence-corrected chi connectivity index (χ3v) is 12.5. The Morgan fingerprint density at radius 1 is 0.301 bits per heavy atom. The quantitative estimate of drug-likeness (QED) is 0.145. The molecule has 73 heavy (non-hydrogen) atoms. The minimum Gasteiger partial charge on any atom is -0.852 e. The van der Waals surface area contributed by atoms with Crippen LogP contribution in [0.3, 0.4) is 0 Å².